The Labute approximate surface area is 152 Å². The largest absolute Gasteiger partial charge is 0.498 e. The van der Waals surface area contributed by atoms with Gasteiger partial charge in [0.15, 0.2) is 11.5 Å². The Balaban J connectivity index is 1.64. The van der Waals surface area contributed by atoms with Crippen LogP contribution in [0.1, 0.15) is 27.7 Å². The monoisotopic (exact) mass is 356 g/mol. The van der Waals surface area contributed by atoms with Crippen LogP contribution in [0.5, 0.6) is 11.5 Å². The molecule has 1 saturated heterocycles. The Morgan fingerprint density at radius 1 is 1.04 bits per heavy atom. The predicted octanol–water partition coefficient (Wildman–Crippen LogP) is 2.60. The van der Waals surface area contributed by atoms with Gasteiger partial charge in [-0.3, -0.25) is 4.57 Å². The van der Waals surface area contributed by atoms with E-state index in [0.29, 0.717) is 17.2 Å². The van der Waals surface area contributed by atoms with Crippen molar-refractivity contribution < 1.29 is 23.6 Å². The van der Waals surface area contributed by atoms with Crippen molar-refractivity contribution in [3.05, 3.63) is 36.7 Å². The van der Waals surface area contributed by atoms with Gasteiger partial charge >= 0.3 is 13.1 Å². The number of rotatable bonds is 2. The lowest BCUT2D eigenvalue weighted by atomic mass is 9.78. The van der Waals surface area contributed by atoms with E-state index >= 15 is 0 Å². The number of hydrogen-bond donors (Lipinski definition) is 1. The molecule has 2 aromatic rings. The van der Waals surface area contributed by atoms with E-state index < -0.39 is 18.3 Å². The van der Waals surface area contributed by atoms with Crippen LogP contribution in [-0.2, 0) is 9.31 Å². The van der Waals surface area contributed by atoms with E-state index in [4.69, 9.17) is 18.8 Å². The SMILES string of the molecule is CC1(C)OB(c2ccc(NC(=O)n3cccc3)c3c2OCO3)OC1(C)C. The fourth-order valence-electron chi connectivity index (χ4n) is 2.92. The number of hydrogen-bond acceptors (Lipinski definition) is 5. The summed E-state index contributed by atoms with van der Waals surface area (Å²) < 4.78 is 24.9. The third-order valence-corrected chi connectivity index (χ3v) is 5.14. The second kappa shape index (κ2) is 5.79. The van der Waals surface area contributed by atoms with Gasteiger partial charge in [0.05, 0.1) is 16.9 Å². The highest BCUT2D eigenvalue weighted by atomic mass is 16.7. The van der Waals surface area contributed by atoms with Gasteiger partial charge in [0.1, 0.15) is 0 Å². The number of fused-ring (bicyclic) bond motifs is 1. The lowest BCUT2D eigenvalue weighted by Crippen LogP contribution is -2.41. The molecule has 2 aliphatic rings. The average Bonchev–Trinajstić information content (AvgIpc) is 3.28. The minimum atomic E-state index is -0.565. The summed E-state index contributed by atoms with van der Waals surface area (Å²) >= 11 is 0. The van der Waals surface area contributed by atoms with Crippen molar-refractivity contribution in [1.82, 2.24) is 4.57 Å². The van der Waals surface area contributed by atoms with E-state index in [-0.39, 0.29) is 12.8 Å². The summed E-state index contributed by atoms with van der Waals surface area (Å²) in [5.41, 5.74) is 0.378. The molecule has 26 heavy (non-hydrogen) atoms. The van der Waals surface area contributed by atoms with Crippen molar-refractivity contribution in [3.63, 3.8) is 0 Å². The molecule has 0 radical (unpaired) electrons. The first-order chi connectivity index (χ1) is 12.3. The molecule has 1 amide bonds. The van der Waals surface area contributed by atoms with Gasteiger partial charge in [-0.25, -0.2) is 4.79 Å². The second-order valence-corrected chi connectivity index (χ2v) is 7.38. The van der Waals surface area contributed by atoms with Crippen molar-refractivity contribution in [2.75, 3.05) is 12.1 Å². The summed E-state index contributed by atoms with van der Waals surface area (Å²) in [4.78, 5) is 12.3. The first-order valence-corrected chi connectivity index (χ1v) is 8.51. The summed E-state index contributed by atoms with van der Waals surface area (Å²) in [6.07, 6.45) is 3.34. The van der Waals surface area contributed by atoms with Gasteiger partial charge in [0.25, 0.3) is 0 Å². The Hall–Kier alpha value is -2.45. The zero-order valence-electron chi connectivity index (χ0n) is 15.2. The highest BCUT2D eigenvalue weighted by molar-refractivity contribution is 6.63. The molecule has 0 aliphatic carbocycles. The minimum absolute atomic E-state index is 0.0816. The molecule has 7 nitrogen and oxygen atoms in total. The number of amides is 1. The highest BCUT2D eigenvalue weighted by Crippen LogP contribution is 2.42. The van der Waals surface area contributed by atoms with Crippen LogP contribution in [0.25, 0.3) is 0 Å². The smallest absolute Gasteiger partial charge is 0.454 e. The van der Waals surface area contributed by atoms with E-state index in [9.17, 15) is 4.79 Å². The van der Waals surface area contributed by atoms with Crippen molar-refractivity contribution in [3.8, 4) is 11.5 Å². The minimum Gasteiger partial charge on any atom is -0.454 e. The van der Waals surface area contributed by atoms with Crippen molar-refractivity contribution in [2.45, 2.75) is 38.9 Å². The maximum Gasteiger partial charge on any atom is 0.498 e. The summed E-state index contributed by atoms with van der Waals surface area (Å²) in [5.74, 6) is 1.02. The summed E-state index contributed by atoms with van der Waals surface area (Å²) in [6.45, 7) is 8.07. The first kappa shape index (κ1) is 17.0. The number of benzene rings is 1. The summed E-state index contributed by atoms with van der Waals surface area (Å²) in [7, 11) is -0.565. The molecule has 8 heteroatoms. The van der Waals surface area contributed by atoms with Crippen molar-refractivity contribution >= 4 is 24.3 Å². The van der Waals surface area contributed by atoms with Crippen LogP contribution in [0.4, 0.5) is 10.5 Å². The van der Waals surface area contributed by atoms with Crippen LogP contribution >= 0.6 is 0 Å². The normalized spacial score (nSPS) is 19.6. The van der Waals surface area contributed by atoms with Gasteiger partial charge in [-0.15, -0.1) is 0 Å². The highest BCUT2D eigenvalue weighted by Gasteiger charge is 2.53. The molecule has 1 aromatic heterocycles. The van der Waals surface area contributed by atoms with Crippen LogP contribution in [0.15, 0.2) is 36.7 Å². The van der Waals surface area contributed by atoms with Crippen molar-refractivity contribution in [2.24, 2.45) is 0 Å². The van der Waals surface area contributed by atoms with E-state index in [0.717, 1.165) is 5.46 Å². The standard InChI is InChI=1S/C18H21BN2O5/c1-17(2)18(3,4)26-19(25-17)12-7-8-13(15-14(12)23-11-24-15)20-16(22)21-9-5-6-10-21/h5-10H,11H2,1-4H3,(H,20,22). The maximum atomic E-state index is 12.3. The molecule has 1 N–H and O–H groups in total. The summed E-state index contributed by atoms with van der Waals surface area (Å²) in [5, 5.41) is 2.83. The number of aromatic nitrogens is 1. The number of carbonyl (C=O) groups is 1. The molecule has 3 heterocycles. The molecule has 0 spiro atoms. The Kier molecular flexibility index (Phi) is 3.78. The zero-order valence-corrected chi connectivity index (χ0v) is 15.2. The van der Waals surface area contributed by atoms with E-state index in [1.807, 2.05) is 33.8 Å². The molecule has 0 bridgehead atoms. The van der Waals surface area contributed by atoms with E-state index in [1.165, 1.54) is 4.57 Å². The first-order valence-electron chi connectivity index (χ1n) is 8.51. The number of nitrogens with one attached hydrogen (secondary N) is 1. The van der Waals surface area contributed by atoms with Gasteiger partial charge in [0, 0.05) is 17.9 Å². The van der Waals surface area contributed by atoms with Gasteiger partial charge in [-0.2, -0.15) is 0 Å². The molecule has 2 aliphatic heterocycles. The van der Waals surface area contributed by atoms with E-state index in [2.05, 4.69) is 5.32 Å². The molecule has 1 aromatic carbocycles. The lowest BCUT2D eigenvalue weighted by molar-refractivity contribution is 0.00578. The van der Waals surface area contributed by atoms with Gasteiger partial charge in [-0.05, 0) is 45.9 Å². The number of carbonyl (C=O) groups excluding carboxylic acids is 1. The Morgan fingerprint density at radius 3 is 2.31 bits per heavy atom. The third-order valence-electron chi connectivity index (χ3n) is 5.14. The van der Waals surface area contributed by atoms with Gasteiger partial charge in [-0.1, -0.05) is 6.07 Å². The third kappa shape index (κ3) is 2.66. The van der Waals surface area contributed by atoms with Gasteiger partial charge < -0.3 is 24.1 Å². The molecule has 136 valence electrons. The Morgan fingerprint density at radius 2 is 1.65 bits per heavy atom. The molecule has 4 rings (SSSR count). The number of nitrogens with zero attached hydrogens (tertiary/aromatic N) is 1. The predicted molar refractivity (Wildman–Crippen MR) is 97.1 cm³/mol. The Bertz CT molecular complexity index is 832. The van der Waals surface area contributed by atoms with Crippen LogP contribution in [0.3, 0.4) is 0 Å². The van der Waals surface area contributed by atoms with E-state index in [1.54, 1.807) is 30.6 Å². The molecule has 1 fully saturated rings. The molecular formula is C18H21BN2O5. The van der Waals surface area contributed by atoms with Crippen LogP contribution < -0.4 is 20.3 Å². The second-order valence-electron chi connectivity index (χ2n) is 7.38. The maximum absolute atomic E-state index is 12.3. The fraction of sp³-hybridized carbons (Fsp3) is 0.389. The fourth-order valence-corrected chi connectivity index (χ4v) is 2.92. The molecule has 0 unspecified atom stereocenters. The van der Waals surface area contributed by atoms with Crippen LogP contribution in [0, 0.1) is 0 Å². The molecule has 0 saturated carbocycles. The topological polar surface area (TPSA) is 71.0 Å². The van der Waals surface area contributed by atoms with Gasteiger partial charge in [0.2, 0.25) is 6.79 Å². The van der Waals surface area contributed by atoms with Crippen LogP contribution in [0.2, 0.25) is 0 Å². The quantitative estimate of drug-likeness (QED) is 0.838. The zero-order chi connectivity index (χ0) is 18.5. The number of anilines is 1. The average molecular weight is 356 g/mol. The summed E-state index contributed by atoms with van der Waals surface area (Å²) in [6, 6.07) is 6.89. The van der Waals surface area contributed by atoms with Crippen molar-refractivity contribution in [1.29, 1.82) is 0 Å². The molecule has 0 atom stereocenters. The molecular weight excluding hydrogens is 335 g/mol. The number of ether oxygens (including phenoxy) is 2. The van der Waals surface area contributed by atoms with Crippen LogP contribution in [-0.4, -0.2) is 35.7 Å². The lowest BCUT2D eigenvalue weighted by Gasteiger charge is -2.32.